The molecule has 3 N–H and O–H groups in total. The van der Waals surface area contributed by atoms with Gasteiger partial charge in [0.15, 0.2) is 6.29 Å². The first-order valence-corrected chi connectivity index (χ1v) is 19.2. The lowest BCUT2D eigenvalue weighted by atomic mass is 10.1. The van der Waals surface area contributed by atoms with Crippen LogP contribution in [0.15, 0.2) is 118 Å². The average Bonchev–Trinajstić information content (AvgIpc) is 3.96. The molecule has 0 radical (unpaired) electrons. The molecule has 6 rings (SSSR count). The summed E-state index contributed by atoms with van der Waals surface area (Å²) in [6.07, 6.45) is 9.91. The molecular weight excluding hydrogens is 777 g/mol. The van der Waals surface area contributed by atoms with Crippen LogP contribution < -0.4 is 5.32 Å². The largest absolute Gasteiger partial charge is 0.478 e. The first-order valence-electron chi connectivity index (χ1n) is 14.7. The van der Waals surface area contributed by atoms with Gasteiger partial charge in [-0.05, 0) is 67.7 Å². The summed E-state index contributed by atoms with van der Waals surface area (Å²) < 4.78 is 81.1. The van der Waals surface area contributed by atoms with Crippen LogP contribution in [0.1, 0.15) is 14.5 Å². The Bertz CT molecular complexity index is 2440. The van der Waals surface area contributed by atoms with Gasteiger partial charge in [-0.2, -0.15) is 25.6 Å². The van der Waals surface area contributed by atoms with Crippen molar-refractivity contribution in [2.24, 2.45) is 0 Å². The van der Waals surface area contributed by atoms with E-state index < -0.39 is 43.9 Å². The predicted molar refractivity (Wildman–Crippen MR) is 192 cm³/mol. The molecule has 20 heteroatoms. The minimum Gasteiger partial charge on any atom is -0.478 e. The lowest BCUT2D eigenvalue weighted by Gasteiger charge is -2.07. The lowest BCUT2D eigenvalue weighted by molar-refractivity contribution is -0.134. The third-order valence-electron chi connectivity index (χ3n) is 6.58. The van der Waals surface area contributed by atoms with E-state index in [0.29, 0.717) is 30.5 Å². The predicted octanol–water partition coefficient (Wildman–Crippen LogP) is 5.22. The summed E-state index contributed by atoms with van der Waals surface area (Å²) in [5, 5.41) is 18.6. The number of rotatable bonds is 11. The maximum absolute atomic E-state index is 14.1. The van der Waals surface area contributed by atoms with Crippen LogP contribution in [-0.2, 0) is 36.2 Å². The van der Waals surface area contributed by atoms with E-state index in [-0.39, 0.29) is 30.0 Å². The highest BCUT2D eigenvalue weighted by atomic mass is 32.3. The van der Waals surface area contributed by atoms with E-state index in [0.717, 1.165) is 35.5 Å². The van der Waals surface area contributed by atoms with Crippen molar-refractivity contribution in [1.29, 1.82) is 0 Å². The van der Waals surface area contributed by atoms with Crippen molar-refractivity contribution in [1.82, 2.24) is 23.2 Å². The Hall–Kier alpha value is -5.67. The van der Waals surface area contributed by atoms with Crippen LogP contribution in [0.2, 0.25) is 0 Å². The monoisotopic (exact) mass is 803 g/mol. The van der Waals surface area contributed by atoms with Gasteiger partial charge in [0.2, 0.25) is 11.9 Å². The van der Waals surface area contributed by atoms with Crippen LogP contribution in [0.5, 0.6) is 0 Å². The molecule has 0 aliphatic carbocycles. The first-order chi connectivity index (χ1) is 25.2. The van der Waals surface area contributed by atoms with Crippen LogP contribution in [0.4, 0.5) is 8.78 Å². The summed E-state index contributed by atoms with van der Waals surface area (Å²) in [5.74, 6) is -3.99. The highest BCUT2D eigenvalue weighted by molar-refractivity contribution is 7.92. The zero-order valence-electron chi connectivity index (χ0n) is 27.1. The Morgan fingerprint density at radius 2 is 1.17 bits per heavy atom. The number of aliphatic carboxylic acids is 2. The lowest BCUT2D eigenvalue weighted by Crippen LogP contribution is -2.10. The number of carbonyl (C=O) groups is 3. The van der Waals surface area contributed by atoms with E-state index in [9.17, 15) is 40.0 Å². The van der Waals surface area contributed by atoms with Gasteiger partial charge in [-0.25, -0.2) is 27.5 Å². The molecule has 0 bridgehead atoms. The molecule has 0 unspecified atom stereocenters. The van der Waals surface area contributed by atoms with Crippen molar-refractivity contribution < 1.29 is 50.2 Å². The quantitative estimate of drug-likeness (QED) is 0.0876. The fourth-order valence-corrected chi connectivity index (χ4v) is 10.2. The van der Waals surface area contributed by atoms with Crippen molar-refractivity contribution in [3.05, 3.63) is 132 Å². The summed E-state index contributed by atoms with van der Waals surface area (Å²) in [6, 6.07) is 15.5. The number of aldehydes is 1. The normalized spacial score (nSPS) is 11.3. The number of hydrogen-bond donors (Lipinski definition) is 3. The maximum atomic E-state index is 14.1. The van der Waals surface area contributed by atoms with E-state index in [4.69, 9.17) is 10.2 Å². The molecule has 6 heterocycles. The van der Waals surface area contributed by atoms with Crippen LogP contribution in [0.3, 0.4) is 0 Å². The Morgan fingerprint density at radius 1 is 0.736 bits per heavy atom. The molecule has 0 aromatic carbocycles. The smallest absolute Gasteiger partial charge is 0.328 e. The minimum absolute atomic E-state index is 0.0394. The summed E-state index contributed by atoms with van der Waals surface area (Å²) in [4.78, 5) is 38.3. The zero-order valence-corrected chi connectivity index (χ0v) is 30.4. The van der Waals surface area contributed by atoms with Crippen molar-refractivity contribution in [3.8, 4) is 22.3 Å². The van der Waals surface area contributed by atoms with E-state index in [1.807, 2.05) is 0 Å². The van der Waals surface area contributed by atoms with Crippen molar-refractivity contribution in [3.63, 3.8) is 0 Å². The number of aromatic nitrogens is 4. The molecule has 53 heavy (non-hydrogen) atoms. The molecule has 6 aromatic heterocycles. The highest BCUT2D eigenvalue weighted by Crippen LogP contribution is 2.38. The molecule has 0 aliphatic heterocycles. The van der Waals surface area contributed by atoms with Crippen molar-refractivity contribution >= 4 is 60.9 Å². The molecule has 0 fully saturated rings. The Morgan fingerprint density at radius 3 is 1.57 bits per heavy atom. The fourth-order valence-electron chi connectivity index (χ4n) is 4.36. The van der Waals surface area contributed by atoms with Gasteiger partial charge >= 0.3 is 11.9 Å². The topological polar surface area (TPSA) is 208 Å². The Balaban J connectivity index is 0.000000197. The minimum atomic E-state index is -3.90. The van der Waals surface area contributed by atoms with Crippen LogP contribution >= 0.6 is 22.7 Å². The second-order valence-electron chi connectivity index (χ2n) is 10.1. The molecule has 0 saturated carbocycles. The summed E-state index contributed by atoms with van der Waals surface area (Å²) >= 11 is 1.92. The second-order valence-corrected chi connectivity index (χ2v) is 16.4. The number of thiophene rings is 2. The molecule has 0 aliphatic rings. The van der Waals surface area contributed by atoms with E-state index in [2.05, 4.69) is 15.3 Å². The summed E-state index contributed by atoms with van der Waals surface area (Å²) in [5.41, 5.74) is 0.681. The average molecular weight is 804 g/mol. The van der Waals surface area contributed by atoms with Gasteiger partial charge in [0, 0.05) is 83.0 Å². The number of carbonyl (C=O) groups excluding carboxylic acids is 1. The SMILES string of the molecule is CNCc1cc(-c2cccnc2F)c(S(=O)(=O)n2cccc2)s1.O=C(O)C=CC(=O)O.O=Cc1cc(-c2cccnc2F)c(S(=O)(=O)n2cccc2)s1. The number of hydrogen-bond acceptors (Lipinski definition) is 12. The summed E-state index contributed by atoms with van der Waals surface area (Å²) in [6.45, 7) is 0.501. The third-order valence-corrected chi connectivity index (χ3v) is 13.1. The van der Waals surface area contributed by atoms with Gasteiger partial charge in [0.05, 0.1) is 4.88 Å². The standard InChI is InChI=1S/C15H14FN3O2S2.C14H9FN2O3S2.C4H4O4/c1-17-10-11-9-13(12-5-4-6-18-14(12)16)15(22-11)23(20,21)19-7-2-3-8-19;15-13-11(4-3-5-16-13)12-8-10(9-18)21-14(12)22(19,20)17-6-1-2-7-17;5-3(6)1-2-4(7)8/h2-9,17H,10H2,1H3;1-9H;1-2H,(H,5,6)(H,7,8). The van der Waals surface area contributed by atoms with Gasteiger partial charge in [0.1, 0.15) is 8.42 Å². The first kappa shape index (κ1) is 40.1. The highest BCUT2D eigenvalue weighted by Gasteiger charge is 2.27. The number of pyridine rings is 2. The Kier molecular flexibility index (Phi) is 13.4. The van der Waals surface area contributed by atoms with Crippen molar-refractivity contribution in [2.45, 2.75) is 15.0 Å². The van der Waals surface area contributed by atoms with E-state index in [1.165, 1.54) is 61.4 Å². The van der Waals surface area contributed by atoms with E-state index in [1.54, 1.807) is 43.4 Å². The number of carboxylic acids is 2. The second kappa shape index (κ2) is 17.7. The van der Waals surface area contributed by atoms with Gasteiger partial charge < -0.3 is 15.5 Å². The zero-order chi connectivity index (χ0) is 38.8. The number of carboxylic acid groups (broad SMARTS) is 2. The van der Waals surface area contributed by atoms with E-state index >= 15 is 0 Å². The Labute approximate surface area is 309 Å². The van der Waals surface area contributed by atoms with Gasteiger partial charge in [-0.1, -0.05) is 0 Å². The van der Waals surface area contributed by atoms with Gasteiger partial charge in [-0.3, -0.25) is 4.79 Å². The third kappa shape index (κ3) is 9.81. The fraction of sp³-hybridized carbons (Fsp3) is 0.0606. The number of nitrogens with zero attached hydrogens (tertiary/aromatic N) is 4. The molecule has 0 saturated heterocycles. The van der Waals surface area contributed by atoms with Crippen LogP contribution in [0, 0.1) is 11.9 Å². The van der Waals surface area contributed by atoms with Crippen LogP contribution in [0.25, 0.3) is 22.3 Å². The molecular formula is C33H27F2N5O9S4. The molecule has 14 nitrogen and oxygen atoms in total. The molecule has 0 spiro atoms. The number of nitrogens with one attached hydrogen (secondary N) is 1. The van der Waals surface area contributed by atoms with Crippen LogP contribution in [-0.4, -0.2) is 70.2 Å². The van der Waals surface area contributed by atoms with Gasteiger partial charge in [0.25, 0.3) is 20.0 Å². The molecule has 276 valence electrons. The number of halogens is 2. The molecule has 0 atom stereocenters. The molecule has 6 aromatic rings. The molecule has 0 amide bonds. The van der Waals surface area contributed by atoms with Crippen molar-refractivity contribution in [2.75, 3.05) is 7.05 Å². The summed E-state index contributed by atoms with van der Waals surface area (Å²) in [7, 11) is -5.91. The maximum Gasteiger partial charge on any atom is 0.328 e. The van der Waals surface area contributed by atoms with Gasteiger partial charge in [-0.15, -0.1) is 22.7 Å².